The van der Waals surface area contributed by atoms with Crippen LogP contribution in [0.1, 0.15) is 39.3 Å². The summed E-state index contributed by atoms with van der Waals surface area (Å²) >= 11 is 6.29. The Bertz CT molecular complexity index is 348. The molecule has 0 saturated heterocycles. The van der Waals surface area contributed by atoms with Gasteiger partial charge in [-0.2, -0.15) is 0 Å². The van der Waals surface area contributed by atoms with E-state index in [9.17, 15) is 0 Å². The lowest BCUT2D eigenvalue weighted by Crippen LogP contribution is -2.30. The predicted octanol–water partition coefficient (Wildman–Crippen LogP) is 3.59. The summed E-state index contributed by atoms with van der Waals surface area (Å²) in [6.07, 6.45) is 0. The number of nitrogens with zero attached hydrogens (tertiary/aromatic N) is 1. The summed E-state index contributed by atoms with van der Waals surface area (Å²) in [5.41, 5.74) is 7.99. The summed E-state index contributed by atoms with van der Waals surface area (Å²) < 4.78 is 0. The maximum Gasteiger partial charge on any atom is 0.0642 e. The van der Waals surface area contributed by atoms with Crippen molar-refractivity contribution in [1.82, 2.24) is 0 Å². The quantitative estimate of drug-likeness (QED) is 0.872. The van der Waals surface area contributed by atoms with Gasteiger partial charge in [-0.3, -0.25) is 0 Å². The van der Waals surface area contributed by atoms with Crippen molar-refractivity contribution in [3.63, 3.8) is 0 Å². The molecule has 2 nitrogen and oxygen atoms in total. The van der Waals surface area contributed by atoms with E-state index in [1.165, 1.54) is 0 Å². The molecule has 0 saturated carbocycles. The molecule has 16 heavy (non-hydrogen) atoms. The van der Waals surface area contributed by atoms with Crippen molar-refractivity contribution in [1.29, 1.82) is 0 Å². The molecular weight excluding hydrogens is 220 g/mol. The van der Waals surface area contributed by atoms with Crippen LogP contribution in [-0.4, -0.2) is 12.6 Å². The van der Waals surface area contributed by atoms with Crippen molar-refractivity contribution in [3.8, 4) is 0 Å². The maximum atomic E-state index is 6.29. The van der Waals surface area contributed by atoms with E-state index in [1.54, 1.807) is 0 Å². The van der Waals surface area contributed by atoms with Gasteiger partial charge in [0.05, 0.1) is 10.7 Å². The Labute approximate surface area is 103 Å². The summed E-state index contributed by atoms with van der Waals surface area (Å²) in [4.78, 5) is 2.27. The van der Waals surface area contributed by atoms with Gasteiger partial charge in [0, 0.05) is 18.6 Å². The zero-order valence-corrected chi connectivity index (χ0v) is 11.3. The first-order valence-corrected chi connectivity index (χ1v) is 6.16. The average molecular weight is 241 g/mol. The van der Waals surface area contributed by atoms with Gasteiger partial charge in [-0.1, -0.05) is 17.7 Å². The monoisotopic (exact) mass is 240 g/mol. The maximum absolute atomic E-state index is 6.29. The molecule has 0 aliphatic heterocycles. The van der Waals surface area contributed by atoms with Gasteiger partial charge < -0.3 is 10.6 Å². The van der Waals surface area contributed by atoms with E-state index in [0.717, 1.165) is 22.8 Å². The zero-order chi connectivity index (χ0) is 12.3. The second kappa shape index (κ2) is 5.55. The fourth-order valence-electron chi connectivity index (χ4n) is 1.85. The van der Waals surface area contributed by atoms with E-state index in [0.29, 0.717) is 6.04 Å². The minimum Gasteiger partial charge on any atom is -0.368 e. The fraction of sp³-hybridized carbons (Fsp3) is 0.538. The lowest BCUT2D eigenvalue weighted by Gasteiger charge is -2.28. The Balaban J connectivity index is 3.06. The van der Waals surface area contributed by atoms with Crippen molar-refractivity contribution in [2.24, 2.45) is 5.73 Å². The van der Waals surface area contributed by atoms with Gasteiger partial charge in [-0.15, -0.1) is 0 Å². The molecule has 0 fully saturated rings. The van der Waals surface area contributed by atoms with Crippen LogP contribution in [0.4, 0.5) is 5.69 Å². The van der Waals surface area contributed by atoms with Gasteiger partial charge in [0.15, 0.2) is 0 Å². The van der Waals surface area contributed by atoms with Crippen LogP contribution in [0.25, 0.3) is 0 Å². The van der Waals surface area contributed by atoms with Gasteiger partial charge in [0.2, 0.25) is 0 Å². The third kappa shape index (κ3) is 2.89. The highest BCUT2D eigenvalue weighted by Gasteiger charge is 2.12. The number of hydrogen-bond donors (Lipinski definition) is 1. The van der Waals surface area contributed by atoms with E-state index < -0.39 is 0 Å². The van der Waals surface area contributed by atoms with Gasteiger partial charge in [-0.05, 0) is 45.4 Å². The van der Waals surface area contributed by atoms with Crippen molar-refractivity contribution in [2.75, 3.05) is 11.4 Å². The lowest BCUT2D eigenvalue weighted by molar-refractivity contribution is 0.703. The van der Waals surface area contributed by atoms with Crippen LogP contribution in [0.15, 0.2) is 18.2 Å². The second-order valence-electron chi connectivity index (χ2n) is 4.38. The standard InChI is InChI=1S/C13H21ClN2/c1-5-16(9(2)3)13-7-6-11(10(4)15)8-12(13)14/h6-10H,5,15H2,1-4H3/t10-/m0/s1. The van der Waals surface area contributed by atoms with Crippen LogP contribution in [-0.2, 0) is 0 Å². The van der Waals surface area contributed by atoms with Crippen LogP contribution >= 0.6 is 11.6 Å². The molecule has 0 heterocycles. The highest BCUT2D eigenvalue weighted by molar-refractivity contribution is 6.33. The third-order valence-electron chi connectivity index (χ3n) is 2.77. The minimum atomic E-state index is 0.0284. The minimum absolute atomic E-state index is 0.0284. The summed E-state index contributed by atoms with van der Waals surface area (Å²) in [6.45, 7) is 9.38. The van der Waals surface area contributed by atoms with Crippen LogP contribution in [0, 0.1) is 0 Å². The van der Waals surface area contributed by atoms with Gasteiger partial charge in [0.1, 0.15) is 0 Å². The Morgan fingerprint density at radius 1 is 1.31 bits per heavy atom. The molecule has 90 valence electrons. The van der Waals surface area contributed by atoms with Crippen molar-refractivity contribution < 1.29 is 0 Å². The van der Waals surface area contributed by atoms with Crippen molar-refractivity contribution in [3.05, 3.63) is 28.8 Å². The molecule has 0 bridgehead atoms. The Hall–Kier alpha value is -0.730. The second-order valence-corrected chi connectivity index (χ2v) is 4.79. The summed E-state index contributed by atoms with van der Waals surface area (Å²) in [5.74, 6) is 0. The average Bonchev–Trinajstić information content (AvgIpc) is 2.20. The van der Waals surface area contributed by atoms with Gasteiger partial charge in [-0.25, -0.2) is 0 Å². The van der Waals surface area contributed by atoms with Crippen molar-refractivity contribution >= 4 is 17.3 Å². The highest BCUT2D eigenvalue weighted by atomic mass is 35.5. The molecule has 2 N–H and O–H groups in total. The number of benzene rings is 1. The zero-order valence-electron chi connectivity index (χ0n) is 10.5. The molecule has 1 rings (SSSR count). The first-order valence-electron chi connectivity index (χ1n) is 5.79. The van der Waals surface area contributed by atoms with E-state index >= 15 is 0 Å². The normalized spacial score (nSPS) is 12.9. The lowest BCUT2D eigenvalue weighted by atomic mass is 10.1. The summed E-state index contributed by atoms with van der Waals surface area (Å²) in [5, 5.41) is 0.783. The molecule has 0 spiro atoms. The molecular formula is C13H21ClN2. The van der Waals surface area contributed by atoms with E-state index in [4.69, 9.17) is 17.3 Å². The smallest absolute Gasteiger partial charge is 0.0642 e. The van der Waals surface area contributed by atoms with Crippen LogP contribution in [0.3, 0.4) is 0 Å². The van der Waals surface area contributed by atoms with Crippen molar-refractivity contribution in [2.45, 2.75) is 39.8 Å². The van der Waals surface area contributed by atoms with Crippen LogP contribution in [0.2, 0.25) is 5.02 Å². The number of anilines is 1. The van der Waals surface area contributed by atoms with Crippen LogP contribution in [0.5, 0.6) is 0 Å². The molecule has 1 aromatic carbocycles. The third-order valence-corrected chi connectivity index (χ3v) is 3.07. The summed E-state index contributed by atoms with van der Waals surface area (Å²) in [6, 6.07) is 6.55. The number of halogens is 1. The molecule has 3 heteroatoms. The number of rotatable bonds is 4. The number of nitrogens with two attached hydrogens (primary N) is 1. The topological polar surface area (TPSA) is 29.3 Å². The highest BCUT2D eigenvalue weighted by Crippen LogP contribution is 2.29. The van der Waals surface area contributed by atoms with E-state index in [2.05, 4.69) is 37.8 Å². The molecule has 0 aliphatic rings. The fourth-order valence-corrected chi connectivity index (χ4v) is 2.15. The molecule has 0 aliphatic carbocycles. The predicted molar refractivity (Wildman–Crippen MR) is 72.2 cm³/mol. The van der Waals surface area contributed by atoms with Crippen LogP contribution < -0.4 is 10.6 Å². The first kappa shape index (κ1) is 13.3. The SMILES string of the molecule is CCN(c1ccc([C@H](C)N)cc1Cl)C(C)C. The molecule has 1 aromatic rings. The molecule has 0 unspecified atom stereocenters. The first-order chi connectivity index (χ1) is 7.47. The largest absolute Gasteiger partial charge is 0.368 e. The molecule has 0 amide bonds. The number of hydrogen-bond acceptors (Lipinski definition) is 2. The molecule has 1 atom stereocenters. The Kier molecular flexibility index (Phi) is 4.63. The molecule has 0 aromatic heterocycles. The van der Waals surface area contributed by atoms with E-state index in [1.807, 2.05) is 13.0 Å². The van der Waals surface area contributed by atoms with Gasteiger partial charge >= 0.3 is 0 Å². The molecule has 0 radical (unpaired) electrons. The summed E-state index contributed by atoms with van der Waals surface area (Å²) in [7, 11) is 0. The Morgan fingerprint density at radius 2 is 1.94 bits per heavy atom. The van der Waals surface area contributed by atoms with Gasteiger partial charge in [0.25, 0.3) is 0 Å². The Morgan fingerprint density at radius 3 is 2.31 bits per heavy atom. The van der Waals surface area contributed by atoms with E-state index in [-0.39, 0.29) is 6.04 Å².